The lowest BCUT2D eigenvalue weighted by molar-refractivity contribution is 0.163. The zero-order valence-electron chi connectivity index (χ0n) is 12.1. The molecule has 1 N–H and O–H groups in total. The molecule has 0 aliphatic heterocycles. The van der Waals surface area contributed by atoms with E-state index in [9.17, 15) is 9.18 Å². The highest BCUT2D eigenvalue weighted by atomic mass is 19.1. The number of hydrogen-bond donors (Lipinski definition) is 1. The van der Waals surface area contributed by atoms with Gasteiger partial charge >= 0.3 is 6.03 Å². The summed E-state index contributed by atoms with van der Waals surface area (Å²) in [5.41, 5.74) is 0.614. The molecule has 0 unspecified atom stereocenters. The number of hydrogen-bond acceptors (Lipinski definition) is 1. The van der Waals surface area contributed by atoms with Gasteiger partial charge in [-0.2, -0.15) is 0 Å². The van der Waals surface area contributed by atoms with Crippen molar-refractivity contribution in [2.75, 3.05) is 5.32 Å². The molecule has 106 valence electrons. The Kier molecular flexibility index (Phi) is 5.80. The molecule has 1 aromatic rings. The molecule has 0 aromatic heterocycles. The number of amides is 2. The third-order valence-corrected chi connectivity index (χ3v) is 3.46. The third-order valence-electron chi connectivity index (χ3n) is 3.46. The number of benzene rings is 1. The van der Waals surface area contributed by atoms with E-state index in [-0.39, 0.29) is 23.9 Å². The van der Waals surface area contributed by atoms with Crippen LogP contribution in [0.1, 0.15) is 40.5 Å². The van der Waals surface area contributed by atoms with Gasteiger partial charge in [-0.15, -0.1) is 0 Å². The summed E-state index contributed by atoms with van der Waals surface area (Å²) in [5.74, 6) is -0.307. The summed E-state index contributed by atoms with van der Waals surface area (Å²) in [4.78, 5) is 14.2. The number of halogens is 1. The van der Waals surface area contributed by atoms with Crippen molar-refractivity contribution in [1.82, 2.24) is 4.90 Å². The van der Waals surface area contributed by atoms with Crippen molar-refractivity contribution < 1.29 is 9.18 Å². The molecular weight excluding hydrogens is 243 g/mol. The number of carbonyl (C=O) groups is 1. The second kappa shape index (κ2) is 7.12. The van der Waals surface area contributed by atoms with E-state index < -0.39 is 0 Å². The maximum Gasteiger partial charge on any atom is 0.322 e. The van der Waals surface area contributed by atoms with Crippen LogP contribution < -0.4 is 5.32 Å². The van der Waals surface area contributed by atoms with Crippen molar-refractivity contribution >= 4 is 11.7 Å². The molecule has 0 bridgehead atoms. The van der Waals surface area contributed by atoms with Crippen LogP contribution in [0.3, 0.4) is 0 Å². The number of rotatable bonds is 5. The maximum absolute atomic E-state index is 12.8. The molecule has 0 saturated carbocycles. The molecule has 0 aliphatic rings. The Hall–Kier alpha value is -1.58. The molecule has 1 rings (SSSR count). The minimum atomic E-state index is -0.307. The molecular formula is C15H23FN2O. The fourth-order valence-corrected chi connectivity index (χ4v) is 1.95. The Morgan fingerprint density at radius 2 is 1.63 bits per heavy atom. The van der Waals surface area contributed by atoms with Crippen LogP contribution in [0.25, 0.3) is 0 Å². The van der Waals surface area contributed by atoms with Gasteiger partial charge in [0.1, 0.15) is 5.82 Å². The summed E-state index contributed by atoms with van der Waals surface area (Å²) in [6.45, 7) is 8.20. The van der Waals surface area contributed by atoms with Crippen molar-refractivity contribution in [3.05, 3.63) is 30.1 Å². The van der Waals surface area contributed by atoms with Gasteiger partial charge in [-0.1, -0.05) is 13.8 Å². The Morgan fingerprint density at radius 3 is 2.05 bits per heavy atom. The first-order valence-electron chi connectivity index (χ1n) is 6.84. The Bertz CT molecular complexity index is 395. The molecule has 4 heteroatoms. The summed E-state index contributed by atoms with van der Waals surface area (Å²) in [5, 5.41) is 2.82. The van der Waals surface area contributed by atoms with Gasteiger partial charge in [-0.25, -0.2) is 9.18 Å². The lowest BCUT2D eigenvalue weighted by Gasteiger charge is -2.33. The Labute approximate surface area is 114 Å². The highest BCUT2D eigenvalue weighted by molar-refractivity contribution is 5.89. The van der Waals surface area contributed by atoms with Crippen LogP contribution in [-0.2, 0) is 0 Å². The Morgan fingerprint density at radius 1 is 1.16 bits per heavy atom. The fraction of sp³-hybridized carbons (Fsp3) is 0.533. The summed E-state index contributed by atoms with van der Waals surface area (Å²) < 4.78 is 12.8. The van der Waals surface area contributed by atoms with E-state index in [4.69, 9.17) is 0 Å². The summed E-state index contributed by atoms with van der Waals surface area (Å²) in [7, 11) is 0. The zero-order valence-corrected chi connectivity index (χ0v) is 12.1. The average molecular weight is 266 g/mol. The standard InChI is InChI=1S/C15H23FN2O/c1-5-11(3)18(12(4)6-2)15(19)17-14-9-7-13(16)8-10-14/h7-12H,5-6H2,1-4H3,(H,17,19)/t11-,12-/m1/s1. The lowest BCUT2D eigenvalue weighted by atomic mass is 10.1. The van der Waals surface area contributed by atoms with E-state index in [0.717, 1.165) is 12.8 Å². The number of urea groups is 1. The first-order chi connectivity index (χ1) is 8.99. The molecule has 0 heterocycles. The van der Waals surface area contributed by atoms with Gasteiger partial charge < -0.3 is 10.2 Å². The fourth-order valence-electron chi connectivity index (χ4n) is 1.95. The van der Waals surface area contributed by atoms with Crippen LogP contribution in [0.5, 0.6) is 0 Å². The number of anilines is 1. The van der Waals surface area contributed by atoms with E-state index in [1.54, 1.807) is 12.1 Å². The zero-order chi connectivity index (χ0) is 14.4. The monoisotopic (exact) mass is 266 g/mol. The van der Waals surface area contributed by atoms with Gasteiger partial charge in [0.05, 0.1) is 0 Å². The van der Waals surface area contributed by atoms with Crippen molar-refractivity contribution in [2.24, 2.45) is 0 Å². The normalized spacial score (nSPS) is 13.7. The predicted molar refractivity (Wildman–Crippen MR) is 76.8 cm³/mol. The predicted octanol–water partition coefficient (Wildman–Crippen LogP) is 4.26. The Balaban J connectivity index is 2.79. The second-order valence-electron chi connectivity index (χ2n) is 4.86. The minimum absolute atomic E-state index is 0.129. The lowest BCUT2D eigenvalue weighted by Crippen LogP contribution is -2.46. The van der Waals surface area contributed by atoms with E-state index in [0.29, 0.717) is 5.69 Å². The topological polar surface area (TPSA) is 32.3 Å². The molecule has 0 radical (unpaired) electrons. The van der Waals surface area contributed by atoms with Gasteiger partial charge in [0.25, 0.3) is 0 Å². The van der Waals surface area contributed by atoms with Gasteiger partial charge in [0.2, 0.25) is 0 Å². The molecule has 2 amide bonds. The van der Waals surface area contributed by atoms with E-state index in [2.05, 4.69) is 19.2 Å². The molecule has 0 fully saturated rings. The first-order valence-corrected chi connectivity index (χ1v) is 6.84. The number of nitrogens with one attached hydrogen (secondary N) is 1. The second-order valence-corrected chi connectivity index (χ2v) is 4.86. The van der Waals surface area contributed by atoms with Crippen LogP contribution in [0.2, 0.25) is 0 Å². The van der Waals surface area contributed by atoms with Gasteiger partial charge in [-0.05, 0) is 51.0 Å². The SMILES string of the molecule is CC[C@@H](C)N(C(=O)Nc1ccc(F)cc1)[C@H](C)CC. The molecule has 0 spiro atoms. The quantitative estimate of drug-likeness (QED) is 0.848. The van der Waals surface area contributed by atoms with Crippen LogP contribution in [0.15, 0.2) is 24.3 Å². The molecule has 0 saturated heterocycles. The first kappa shape index (κ1) is 15.5. The minimum Gasteiger partial charge on any atom is -0.319 e. The van der Waals surface area contributed by atoms with Crippen LogP contribution >= 0.6 is 0 Å². The van der Waals surface area contributed by atoms with E-state index in [1.807, 2.05) is 18.7 Å². The molecule has 3 nitrogen and oxygen atoms in total. The molecule has 1 aromatic carbocycles. The third kappa shape index (κ3) is 4.23. The summed E-state index contributed by atoms with van der Waals surface area (Å²) in [6, 6.07) is 6.04. The van der Waals surface area contributed by atoms with Crippen LogP contribution in [0, 0.1) is 5.82 Å². The van der Waals surface area contributed by atoms with Gasteiger partial charge in [-0.3, -0.25) is 0 Å². The average Bonchev–Trinajstić information content (AvgIpc) is 2.41. The van der Waals surface area contributed by atoms with Crippen molar-refractivity contribution in [1.29, 1.82) is 0 Å². The van der Waals surface area contributed by atoms with Gasteiger partial charge in [0.15, 0.2) is 0 Å². The highest BCUT2D eigenvalue weighted by Gasteiger charge is 2.23. The largest absolute Gasteiger partial charge is 0.322 e. The molecule has 0 aliphatic carbocycles. The van der Waals surface area contributed by atoms with Gasteiger partial charge in [0, 0.05) is 17.8 Å². The van der Waals surface area contributed by atoms with Crippen molar-refractivity contribution in [3.8, 4) is 0 Å². The van der Waals surface area contributed by atoms with Crippen molar-refractivity contribution in [2.45, 2.75) is 52.6 Å². The van der Waals surface area contributed by atoms with E-state index >= 15 is 0 Å². The number of nitrogens with zero attached hydrogens (tertiary/aromatic N) is 1. The highest BCUT2D eigenvalue weighted by Crippen LogP contribution is 2.15. The van der Waals surface area contributed by atoms with Crippen molar-refractivity contribution in [3.63, 3.8) is 0 Å². The van der Waals surface area contributed by atoms with Crippen LogP contribution in [-0.4, -0.2) is 23.0 Å². The maximum atomic E-state index is 12.8. The molecule has 19 heavy (non-hydrogen) atoms. The van der Waals surface area contributed by atoms with E-state index in [1.165, 1.54) is 12.1 Å². The number of carbonyl (C=O) groups excluding carboxylic acids is 1. The summed E-state index contributed by atoms with van der Waals surface area (Å²) in [6.07, 6.45) is 1.81. The summed E-state index contributed by atoms with van der Waals surface area (Å²) >= 11 is 0. The van der Waals surface area contributed by atoms with Crippen LogP contribution in [0.4, 0.5) is 14.9 Å². The molecule has 2 atom stereocenters. The smallest absolute Gasteiger partial charge is 0.319 e.